The van der Waals surface area contributed by atoms with E-state index in [1.165, 1.54) is 12.3 Å². The SMILES string of the molecule is CCCC(c1ccc(OC)cc1)c1ccn(C(=O)O)c(=O)c1. The summed E-state index contributed by atoms with van der Waals surface area (Å²) in [4.78, 5) is 22.8. The zero-order chi connectivity index (χ0) is 16.1. The molecule has 116 valence electrons. The highest BCUT2D eigenvalue weighted by Gasteiger charge is 2.15. The number of methoxy groups -OCH3 is 1. The van der Waals surface area contributed by atoms with Gasteiger partial charge in [0.25, 0.3) is 5.56 Å². The second-order valence-corrected chi connectivity index (χ2v) is 5.07. The summed E-state index contributed by atoms with van der Waals surface area (Å²) >= 11 is 0. The number of carbonyl (C=O) groups is 1. The maximum absolute atomic E-state index is 11.9. The zero-order valence-electron chi connectivity index (χ0n) is 12.7. The standard InChI is InChI=1S/C17H19NO4/c1-3-4-15(12-5-7-14(22-2)8-6-12)13-9-10-18(17(20)21)16(19)11-13/h5-11,15H,3-4H2,1-2H3,(H,20,21). The Labute approximate surface area is 128 Å². The molecule has 5 heteroatoms. The van der Waals surface area contributed by atoms with Crippen LogP contribution in [0.2, 0.25) is 0 Å². The first-order chi connectivity index (χ1) is 10.6. The molecule has 0 spiro atoms. The lowest BCUT2D eigenvalue weighted by atomic mass is 9.88. The molecule has 1 heterocycles. The van der Waals surface area contributed by atoms with Gasteiger partial charge in [0, 0.05) is 18.2 Å². The molecule has 0 bridgehead atoms. The quantitative estimate of drug-likeness (QED) is 0.920. The van der Waals surface area contributed by atoms with Crippen LogP contribution >= 0.6 is 0 Å². The fourth-order valence-electron chi connectivity index (χ4n) is 2.52. The van der Waals surface area contributed by atoms with Gasteiger partial charge in [0.05, 0.1) is 7.11 Å². The summed E-state index contributed by atoms with van der Waals surface area (Å²) < 4.78 is 5.84. The summed E-state index contributed by atoms with van der Waals surface area (Å²) in [5, 5.41) is 8.92. The molecule has 1 unspecified atom stereocenters. The molecule has 0 saturated carbocycles. The Bertz CT molecular complexity index is 703. The molecule has 0 radical (unpaired) electrons. The number of hydrogen-bond acceptors (Lipinski definition) is 3. The summed E-state index contributed by atoms with van der Waals surface area (Å²) in [6, 6.07) is 10.8. The molecule has 0 aliphatic heterocycles. The molecule has 22 heavy (non-hydrogen) atoms. The van der Waals surface area contributed by atoms with Gasteiger partial charge in [-0.15, -0.1) is 0 Å². The lowest BCUT2D eigenvalue weighted by molar-refractivity contribution is 0.195. The van der Waals surface area contributed by atoms with Crippen molar-refractivity contribution in [2.75, 3.05) is 7.11 Å². The lowest BCUT2D eigenvalue weighted by Crippen LogP contribution is -2.25. The summed E-state index contributed by atoms with van der Waals surface area (Å²) in [5.41, 5.74) is 1.38. The topological polar surface area (TPSA) is 68.5 Å². The predicted octanol–water partition coefficient (Wildman–Crippen LogP) is 3.32. The van der Waals surface area contributed by atoms with E-state index < -0.39 is 11.7 Å². The second kappa shape index (κ2) is 6.93. The van der Waals surface area contributed by atoms with E-state index in [-0.39, 0.29) is 5.92 Å². The van der Waals surface area contributed by atoms with Crippen molar-refractivity contribution >= 4 is 6.09 Å². The van der Waals surface area contributed by atoms with Crippen LogP contribution in [-0.2, 0) is 0 Å². The van der Waals surface area contributed by atoms with E-state index in [4.69, 9.17) is 9.84 Å². The Morgan fingerprint density at radius 1 is 1.23 bits per heavy atom. The number of rotatable bonds is 5. The van der Waals surface area contributed by atoms with E-state index >= 15 is 0 Å². The van der Waals surface area contributed by atoms with E-state index in [0.29, 0.717) is 4.57 Å². The zero-order valence-corrected chi connectivity index (χ0v) is 12.7. The molecule has 2 rings (SSSR count). The molecular weight excluding hydrogens is 282 g/mol. The summed E-state index contributed by atoms with van der Waals surface area (Å²) in [7, 11) is 1.62. The minimum Gasteiger partial charge on any atom is -0.497 e. The first kappa shape index (κ1) is 15.8. The molecule has 2 aromatic rings. The minimum absolute atomic E-state index is 0.0621. The van der Waals surface area contributed by atoms with Gasteiger partial charge >= 0.3 is 6.09 Å². The van der Waals surface area contributed by atoms with Gasteiger partial charge in [-0.1, -0.05) is 25.5 Å². The number of aromatic nitrogens is 1. The molecule has 1 atom stereocenters. The van der Waals surface area contributed by atoms with Crippen LogP contribution in [0.15, 0.2) is 47.4 Å². The van der Waals surface area contributed by atoms with Crippen LogP contribution in [0.4, 0.5) is 4.79 Å². The molecule has 1 aromatic heterocycles. The van der Waals surface area contributed by atoms with E-state index in [2.05, 4.69) is 6.92 Å². The second-order valence-electron chi connectivity index (χ2n) is 5.07. The largest absolute Gasteiger partial charge is 0.497 e. The summed E-state index contributed by atoms with van der Waals surface area (Å²) in [6.45, 7) is 2.08. The van der Waals surface area contributed by atoms with Gasteiger partial charge in [-0.05, 0) is 35.7 Å². The molecule has 5 nitrogen and oxygen atoms in total. The normalized spacial score (nSPS) is 11.9. The fraction of sp³-hybridized carbons (Fsp3) is 0.294. The van der Waals surface area contributed by atoms with Gasteiger partial charge < -0.3 is 9.84 Å². The number of benzene rings is 1. The number of nitrogens with zero attached hydrogens (tertiary/aromatic N) is 1. The minimum atomic E-state index is -1.27. The Balaban J connectivity index is 2.40. The van der Waals surface area contributed by atoms with Crippen molar-refractivity contribution in [1.29, 1.82) is 0 Å². The molecule has 0 aliphatic rings. The highest BCUT2D eigenvalue weighted by molar-refractivity contribution is 5.67. The van der Waals surface area contributed by atoms with Crippen LogP contribution < -0.4 is 10.3 Å². The van der Waals surface area contributed by atoms with Gasteiger partial charge in [0.2, 0.25) is 0 Å². The van der Waals surface area contributed by atoms with Crippen molar-refractivity contribution in [2.45, 2.75) is 25.7 Å². The van der Waals surface area contributed by atoms with Gasteiger partial charge in [0.1, 0.15) is 5.75 Å². The highest BCUT2D eigenvalue weighted by Crippen LogP contribution is 2.29. The van der Waals surface area contributed by atoms with Gasteiger partial charge in [-0.3, -0.25) is 4.79 Å². The van der Waals surface area contributed by atoms with Crippen molar-refractivity contribution in [1.82, 2.24) is 4.57 Å². The first-order valence-electron chi connectivity index (χ1n) is 7.16. The Morgan fingerprint density at radius 3 is 2.41 bits per heavy atom. The average Bonchev–Trinajstić information content (AvgIpc) is 2.52. The molecule has 0 fully saturated rings. The number of hydrogen-bond donors (Lipinski definition) is 1. The average molecular weight is 301 g/mol. The van der Waals surface area contributed by atoms with Gasteiger partial charge in [-0.2, -0.15) is 0 Å². The third kappa shape index (κ3) is 3.36. The van der Waals surface area contributed by atoms with Gasteiger partial charge in [0.15, 0.2) is 0 Å². The Hall–Kier alpha value is -2.56. The van der Waals surface area contributed by atoms with Crippen LogP contribution in [-0.4, -0.2) is 22.9 Å². The van der Waals surface area contributed by atoms with E-state index in [1.54, 1.807) is 13.2 Å². The van der Waals surface area contributed by atoms with E-state index in [0.717, 1.165) is 29.7 Å². The molecule has 1 N–H and O–H groups in total. The third-order valence-electron chi connectivity index (χ3n) is 3.65. The van der Waals surface area contributed by atoms with Crippen LogP contribution in [0.1, 0.15) is 36.8 Å². The van der Waals surface area contributed by atoms with Crippen molar-refractivity contribution < 1.29 is 14.6 Å². The lowest BCUT2D eigenvalue weighted by Gasteiger charge is -2.17. The van der Waals surface area contributed by atoms with Crippen LogP contribution in [0, 0.1) is 0 Å². The van der Waals surface area contributed by atoms with E-state index in [9.17, 15) is 9.59 Å². The van der Waals surface area contributed by atoms with Crippen molar-refractivity contribution in [3.8, 4) is 5.75 Å². The number of pyridine rings is 1. The molecule has 0 saturated heterocycles. The maximum Gasteiger partial charge on any atom is 0.418 e. The highest BCUT2D eigenvalue weighted by atomic mass is 16.5. The molecule has 1 aromatic carbocycles. The van der Waals surface area contributed by atoms with Crippen molar-refractivity contribution in [3.63, 3.8) is 0 Å². The monoisotopic (exact) mass is 301 g/mol. The number of carboxylic acid groups (broad SMARTS) is 1. The summed E-state index contributed by atoms with van der Waals surface area (Å²) in [6.07, 6.45) is 1.88. The maximum atomic E-state index is 11.9. The van der Waals surface area contributed by atoms with Crippen LogP contribution in [0.3, 0.4) is 0 Å². The number of ether oxygens (including phenoxy) is 1. The summed E-state index contributed by atoms with van der Waals surface area (Å²) in [5.74, 6) is 0.840. The van der Waals surface area contributed by atoms with Crippen molar-refractivity contribution in [2.24, 2.45) is 0 Å². The Morgan fingerprint density at radius 2 is 1.91 bits per heavy atom. The Kier molecular flexibility index (Phi) is 4.99. The van der Waals surface area contributed by atoms with Crippen molar-refractivity contribution in [3.05, 3.63) is 64.1 Å². The molecular formula is C17H19NO4. The fourth-order valence-corrected chi connectivity index (χ4v) is 2.52. The van der Waals surface area contributed by atoms with Gasteiger partial charge in [-0.25, -0.2) is 9.36 Å². The van der Waals surface area contributed by atoms with Crippen LogP contribution in [0.25, 0.3) is 0 Å². The third-order valence-corrected chi connectivity index (χ3v) is 3.65. The predicted molar refractivity (Wildman–Crippen MR) is 83.9 cm³/mol. The van der Waals surface area contributed by atoms with E-state index in [1.807, 2.05) is 24.3 Å². The first-order valence-corrected chi connectivity index (χ1v) is 7.16. The van der Waals surface area contributed by atoms with Crippen LogP contribution in [0.5, 0.6) is 5.75 Å². The smallest absolute Gasteiger partial charge is 0.418 e. The molecule has 0 aliphatic carbocycles. The molecule has 0 amide bonds.